The van der Waals surface area contributed by atoms with Crippen molar-refractivity contribution in [2.24, 2.45) is 0 Å². The van der Waals surface area contributed by atoms with Gasteiger partial charge in [-0.15, -0.1) is 0 Å². The SMILES string of the molecule is CCCCNC(=O)c1c(NC(C)=O)cccc1C(=O)Nc1ccc(C(F)(C(F)(F)F)C(F)(F)F)cc1C. The number of nitrogens with one attached hydrogen (secondary N) is 3. The maximum atomic E-state index is 14.4. The smallest absolute Gasteiger partial charge is 0.352 e. The summed E-state index contributed by atoms with van der Waals surface area (Å²) < 4.78 is 92.8. The highest BCUT2D eigenvalue weighted by atomic mass is 19.4. The second-order valence-electron chi connectivity index (χ2n) is 8.16. The number of aryl methyl sites for hydroxylation is 1. The van der Waals surface area contributed by atoms with Gasteiger partial charge in [-0.05, 0) is 37.1 Å². The summed E-state index contributed by atoms with van der Waals surface area (Å²) in [5.74, 6) is -2.16. The molecule has 2 aromatic rings. The first-order valence-electron chi connectivity index (χ1n) is 11.0. The monoisotopic (exact) mass is 535 g/mol. The lowest BCUT2D eigenvalue weighted by molar-refractivity contribution is -0.348. The van der Waals surface area contributed by atoms with Crippen molar-refractivity contribution in [3.8, 4) is 0 Å². The zero-order valence-corrected chi connectivity index (χ0v) is 20.0. The second-order valence-corrected chi connectivity index (χ2v) is 8.16. The minimum atomic E-state index is -6.29. The minimum Gasteiger partial charge on any atom is -0.352 e. The topological polar surface area (TPSA) is 87.3 Å². The molecule has 0 atom stereocenters. The number of alkyl halides is 7. The highest BCUT2D eigenvalue weighted by molar-refractivity contribution is 6.15. The van der Waals surface area contributed by atoms with E-state index in [1.54, 1.807) is 0 Å². The van der Waals surface area contributed by atoms with E-state index in [4.69, 9.17) is 0 Å². The number of hydrogen-bond acceptors (Lipinski definition) is 3. The largest absolute Gasteiger partial charge is 0.435 e. The van der Waals surface area contributed by atoms with Crippen LogP contribution in [0.15, 0.2) is 36.4 Å². The van der Waals surface area contributed by atoms with Gasteiger partial charge in [0.2, 0.25) is 5.91 Å². The number of halogens is 7. The third-order valence-corrected chi connectivity index (χ3v) is 5.32. The first kappa shape index (κ1) is 29.6. The lowest BCUT2D eigenvalue weighted by atomic mass is 9.92. The van der Waals surface area contributed by atoms with E-state index in [-0.39, 0.29) is 40.7 Å². The number of rotatable bonds is 8. The Labute approximate surface area is 207 Å². The fourth-order valence-electron chi connectivity index (χ4n) is 3.44. The molecule has 0 saturated carbocycles. The number of amides is 3. The molecule has 6 nitrogen and oxygen atoms in total. The predicted molar refractivity (Wildman–Crippen MR) is 122 cm³/mol. The number of anilines is 2. The maximum Gasteiger partial charge on any atom is 0.435 e. The van der Waals surface area contributed by atoms with Crippen molar-refractivity contribution in [3.63, 3.8) is 0 Å². The van der Waals surface area contributed by atoms with E-state index in [0.717, 1.165) is 13.3 Å². The van der Waals surface area contributed by atoms with Crippen molar-refractivity contribution in [3.05, 3.63) is 58.7 Å². The molecule has 202 valence electrons. The van der Waals surface area contributed by atoms with E-state index in [9.17, 15) is 45.1 Å². The average Bonchev–Trinajstić information content (AvgIpc) is 2.77. The van der Waals surface area contributed by atoms with Crippen molar-refractivity contribution < 1.29 is 45.1 Å². The lowest BCUT2D eigenvalue weighted by Gasteiger charge is -2.30. The van der Waals surface area contributed by atoms with Gasteiger partial charge < -0.3 is 16.0 Å². The van der Waals surface area contributed by atoms with Crippen molar-refractivity contribution >= 4 is 29.1 Å². The second kappa shape index (κ2) is 11.2. The van der Waals surface area contributed by atoms with Crippen LogP contribution in [0.4, 0.5) is 42.1 Å². The molecule has 2 rings (SSSR count). The van der Waals surface area contributed by atoms with Gasteiger partial charge in [-0.1, -0.05) is 31.5 Å². The van der Waals surface area contributed by atoms with Crippen LogP contribution in [0.5, 0.6) is 0 Å². The molecule has 0 saturated heterocycles. The predicted octanol–water partition coefficient (Wildman–Crippen LogP) is 6.03. The number of carbonyl (C=O) groups is 3. The summed E-state index contributed by atoms with van der Waals surface area (Å²) in [5.41, 5.74) is -8.25. The Hall–Kier alpha value is -3.64. The molecule has 0 aliphatic rings. The molecule has 0 aromatic heterocycles. The van der Waals surface area contributed by atoms with Gasteiger partial charge in [0.15, 0.2) is 0 Å². The molecular weight excluding hydrogens is 511 g/mol. The molecule has 0 aliphatic carbocycles. The lowest BCUT2D eigenvalue weighted by Crippen LogP contribution is -2.50. The zero-order chi connectivity index (χ0) is 28.2. The quantitative estimate of drug-likeness (QED) is 0.285. The summed E-state index contributed by atoms with van der Waals surface area (Å²) in [6, 6.07) is 5.30. The van der Waals surface area contributed by atoms with Crippen molar-refractivity contribution in [1.29, 1.82) is 0 Å². The average molecular weight is 535 g/mol. The Balaban J connectivity index is 2.47. The Morgan fingerprint density at radius 2 is 1.46 bits per heavy atom. The van der Waals surface area contributed by atoms with E-state index in [1.807, 2.05) is 6.92 Å². The Morgan fingerprint density at radius 1 is 0.838 bits per heavy atom. The number of benzene rings is 2. The normalized spacial score (nSPS) is 12.2. The molecule has 0 heterocycles. The van der Waals surface area contributed by atoms with E-state index in [1.165, 1.54) is 25.1 Å². The first-order chi connectivity index (χ1) is 17.0. The van der Waals surface area contributed by atoms with Crippen LogP contribution in [0.25, 0.3) is 0 Å². The van der Waals surface area contributed by atoms with Gasteiger partial charge in [0.05, 0.1) is 16.8 Å². The van der Waals surface area contributed by atoms with E-state index in [0.29, 0.717) is 18.6 Å². The highest BCUT2D eigenvalue weighted by Gasteiger charge is 2.73. The molecule has 0 fully saturated rings. The van der Waals surface area contributed by atoms with Gasteiger partial charge in [-0.25, -0.2) is 4.39 Å². The summed E-state index contributed by atoms with van der Waals surface area (Å²) >= 11 is 0. The maximum absolute atomic E-state index is 14.4. The minimum absolute atomic E-state index is 0.0128. The molecule has 2 aromatic carbocycles. The molecule has 0 bridgehead atoms. The number of carbonyl (C=O) groups excluding carboxylic acids is 3. The molecular formula is C24H24F7N3O3. The molecule has 0 spiro atoms. The Bertz CT molecular complexity index is 1160. The van der Waals surface area contributed by atoms with Crippen molar-refractivity contribution in [1.82, 2.24) is 5.32 Å². The summed E-state index contributed by atoms with van der Waals surface area (Å²) in [6.45, 7) is 4.43. The standard InChI is InChI=1S/C24H24F7N3O3/c1-4-5-11-32-21(37)19-16(7-6-8-18(19)33-14(3)35)20(36)34-17-10-9-15(12-13(17)2)22(25,23(26,27)28)24(29,30)31/h6-10,12H,4-5,11H2,1-3H3,(H,32,37)(H,33,35)(H,34,36). The number of hydrogen-bond donors (Lipinski definition) is 3. The number of unbranched alkanes of at least 4 members (excludes halogenated alkanes) is 1. The zero-order valence-electron chi connectivity index (χ0n) is 20.0. The van der Waals surface area contributed by atoms with Gasteiger partial charge in [-0.2, -0.15) is 26.3 Å². The van der Waals surface area contributed by atoms with Crippen LogP contribution in [-0.4, -0.2) is 36.6 Å². The molecule has 3 amide bonds. The van der Waals surface area contributed by atoms with E-state index < -0.39 is 41.3 Å². The molecule has 0 aliphatic heterocycles. The molecule has 3 N–H and O–H groups in total. The molecule has 37 heavy (non-hydrogen) atoms. The van der Waals surface area contributed by atoms with E-state index in [2.05, 4.69) is 16.0 Å². The van der Waals surface area contributed by atoms with Gasteiger partial charge in [0.1, 0.15) is 0 Å². The van der Waals surface area contributed by atoms with Crippen LogP contribution >= 0.6 is 0 Å². The summed E-state index contributed by atoms with van der Waals surface area (Å²) in [5, 5.41) is 7.35. The van der Waals surface area contributed by atoms with Crippen molar-refractivity contribution in [2.75, 3.05) is 17.2 Å². The van der Waals surface area contributed by atoms with Crippen LogP contribution in [0.1, 0.15) is 58.5 Å². The fourth-order valence-corrected chi connectivity index (χ4v) is 3.44. The Kier molecular flexibility index (Phi) is 8.94. The highest BCUT2D eigenvalue weighted by Crippen LogP contribution is 2.53. The van der Waals surface area contributed by atoms with Gasteiger partial charge >= 0.3 is 18.0 Å². The van der Waals surface area contributed by atoms with Gasteiger partial charge in [0, 0.05) is 24.7 Å². The third-order valence-electron chi connectivity index (χ3n) is 5.32. The first-order valence-corrected chi connectivity index (χ1v) is 11.0. The van der Waals surface area contributed by atoms with E-state index >= 15 is 0 Å². The van der Waals surface area contributed by atoms with Crippen LogP contribution in [-0.2, 0) is 10.5 Å². The molecule has 13 heteroatoms. The summed E-state index contributed by atoms with van der Waals surface area (Å²) in [6.07, 6.45) is -11.2. The van der Waals surface area contributed by atoms with Crippen LogP contribution < -0.4 is 16.0 Å². The summed E-state index contributed by atoms with van der Waals surface area (Å²) in [7, 11) is 0. The van der Waals surface area contributed by atoms with Crippen LogP contribution in [0.3, 0.4) is 0 Å². The fraction of sp³-hybridized carbons (Fsp3) is 0.375. The Morgan fingerprint density at radius 3 is 1.97 bits per heavy atom. The van der Waals surface area contributed by atoms with Crippen molar-refractivity contribution in [2.45, 2.75) is 51.6 Å². The van der Waals surface area contributed by atoms with Crippen LogP contribution in [0.2, 0.25) is 0 Å². The van der Waals surface area contributed by atoms with Crippen LogP contribution in [0, 0.1) is 6.92 Å². The molecule has 0 radical (unpaired) electrons. The summed E-state index contributed by atoms with van der Waals surface area (Å²) in [4.78, 5) is 37.4. The molecule has 0 unspecified atom stereocenters. The third kappa shape index (κ3) is 6.38. The van der Waals surface area contributed by atoms with Gasteiger partial charge in [-0.3, -0.25) is 14.4 Å². The van der Waals surface area contributed by atoms with Gasteiger partial charge in [0.25, 0.3) is 11.8 Å².